The number of carbonyl (C=O) groups excluding carboxylic acids is 2. The third-order valence-corrected chi connectivity index (χ3v) is 7.37. The van der Waals surface area contributed by atoms with Crippen molar-refractivity contribution in [2.45, 2.75) is 19.1 Å². The van der Waals surface area contributed by atoms with Gasteiger partial charge in [0.1, 0.15) is 23.3 Å². The zero-order valence-corrected chi connectivity index (χ0v) is 24.3. The zero-order valence-electron chi connectivity index (χ0n) is 24.3. The van der Waals surface area contributed by atoms with Gasteiger partial charge >= 0.3 is 6.03 Å². The number of amides is 3. The van der Waals surface area contributed by atoms with E-state index >= 15 is 0 Å². The monoisotopic (exact) mass is 617 g/mol. The second-order valence-electron chi connectivity index (χ2n) is 10.4. The van der Waals surface area contributed by atoms with Gasteiger partial charge in [-0.3, -0.25) is 14.9 Å². The van der Waals surface area contributed by atoms with Crippen LogP contribution < -0.4 is 16.4 Å². The summed E-state index contributed by atoms with van der Waals surface area (Å²) in [5, 5.41) is 12.3. The van der Waals surface area contributed by atoms with Crippen LogP contribution in [-0.4, -0.2) is 74.0 Å². The van der Waals surface area contributed by atoms with Gasteiger partial charge in [0.05, 0.1) is 24.0 Å². The Morgan fingerprint density at radius 1 is 1.16 bits per heavy atom. The Bertz CT molecular complexity index is 1880. The van der Waals surface area contributed by atoms with Gasteiger partial charge in [0.15, 0.2) is 5.82 Å². The first kappa shape index (κ1) is 29.8. The first-order chi connectivity index (χ1) is 21.7. The summed E-state index contributed by atoms with van der Waals surface area (Å²) in [6, 6.07) is 12.6. The van der Waals surface area contributed by atoms with Crippen LogP contribution in [-0.2, 0) is 9.57 Å². The van der Waals surface area contributed by atoms with E-state index < -0.39 is 35.8 Å². The van der Waals surface area contributed by atoms with Gasteiger partial charge < -0.3 is 20.2 Å². The topological polar surface area (TPSA) is 154 Å². The summed E-state index contributed by atoms with van der Waals surface area (Å²) in [6.45, 7) is 2.82. The molecule has 3 amide bonds. The van der Waals surface area contributed by atoms with E-state index in [0.717, 1.165) is 6.07 Å². The number of imidazole rings is 1. The lowest BCUT2D eigenvalue weighted by Crippen LogP contribution is -2.42. The smallest absolute Gasteiger partial charge is 0.320 e. The molecule has 0 unspecified atom stereocenters. The number of nitrogens with one attached hydrogen (secondary N) is 2. The van der Waals surface area contributed by atoms with Gasteiger partial charge in [0, 0.05) is 55.5 Å². The molecule has 0 spiro atoms. The molecule has 0 radical (unpaired) electrons. The Labute approximate surface area is 255 Å². The second-order valence-corrected chi connectivity index (χ2v) is 10.4. The van der Waals surface area contributed by atoms with E-state index in [1.807, 2.05) is 43.3 Å². The average Bonchev–Trinajstić information content (AvgIpc) is 3.73. The maximum atomic E-state index is 14.1. The van der Waals surface area contributed by atoms with Crippen LogP contribution in [0.5, 0.6) is 0 Å². The molecule has 13 nitrogen and oxygen atoms in total. The number of nitrogens with zero attached hydrogens (tertiary/aromatic N) is 6. The normalized spacial score (nSPS) is 16.7. The highest BCUT2D eigenvalue weighted by Gasteiger charge is 2.37. The molecule has 4 aromatic heterocycles. The van der Waals surface area contributed by atoms with Crippen molar-refractivity contribution < 1.29 is 27.9 Å². The van der Waals surface area contributed by atoms with Crippen LogP contribution >= 0.6 is 0 Å². The van der Waals surface area contributed by atoms with Gasteiger partial charge in [-0.2, -0.15) is 14.6 Å². The maximum absolute atomic E-state index is 14.1. The van der Waals surface area contributed by atoms with E-state index in [1.165, 1.54) is 12.4 Å². The van der Waals surface area contributed by atoms with E-state index in [9.17, 15) is 18.4 Å². The fraction of sp³-hybridized carbons (Fsp3) is 0.233. The highest BCUT2D eigenvalue weighted by molar-refractivity contribution is 5.92. The van der Waals surface area contributed by atoms with Crippen LogP contribution in [0.4, 0.5) is 19.4 Å². The van der Waals surface area contributed by atoms with Crippen LogP contribution in [0.2, 0.25) is 0 Å². The Kier molecular flexibility index (Phi) is 8.21. The van der Waals surface area contributed by atoms with Crippen molar-refractivity contribution in [1.82, 2.24) is 34.5 Å². The number of hydrogen-bond donors (Lipinski definition) is 3. The van der Waals surface area contributed by atoms with Gasteiger partial charge in [-0.25, -0.2) is 23.8 Å². The number of nitrogens with two attached hydrogens (primary N) is 1. The lowest BCUT2D eigenvalue weighted by Gasteiger charge is -2.19. The van der Waals surface area contributed by atoms with Crippen molar-refractivity contribution in [2.24, 2.45) is 5.73 Å². The lowest BCUT2D eigenvalue weighted by atomic mass is 10.0. The summed E-state index contributed by atoms with van der Waals surface area (Å²) in [5.74, 6) is -2.58. The summed E-state index contributed by atoms with van der Waals surface area (Å²) < 4.78 is 36.1. The summed E-state index contributed by atoms with van der Waals surface area (Å²) in [5.41, 5.74) is 8.97. The van der Waals surface area contributed by atoms with Crippen LogP contribution in [0, 0.1) is 18.7 Å². The first-order valence-corrected chi connectivity index (χ1v) is 13.9. The van der Waals surface area contributed by atoms with Gasteiger partial charge in [-0.1, -0.05) is 18.2 Å². The summed E-state index contributed by atoms with van der Waals surface area (Å²) in [7, 11) is 1.55. The Morgan fingerprint density at radius 3 is 2.69 bits per heavy atom. The minimum absolute atomic E-state index is 0.131. The van der Waals surface area contributed by atoms with E-state index in [1.54, 1.807) is 33.5 Å². The van der Waals surface area contributed by atoms with Gasteiger partial charge in [0.25, 0.3) is 5.91 Å². The van der Waals surface area contributed by atoms with E-state index in [-0.39, 0.29) is 17.8 Å². The van der Waals surface area contributed by atoms with Crippen LogP contribution in [0.1, 0.15) is 27.7 Å². The Balaban J connectivity index is 1.31. The van der Waals surface area contributed by atoms with E-state index in [4.69, 9.17) is 20.4 Å². The van der Waals surface area contributed by atoms with Crippen LogP contribution in [0.15, 0.2) is 67.1 Å². The summed E-state index contributed by atoms with van der Waals surface area (Å²) in [6.07, 6.45) is 3.65. The number of benzene rings is 1. The SMILES string of the molecule is COCCN1C[C@@H](NC(=O)Nc2c(C)c(-c3ccc4nc(C(N)=O)cn4c3)nn2-c2ccccc2)[C@H](c2cnc(F)c(F)c2)O1. The number of halogens is 2. The van der Waals surface area contributed by atoms with Crippen molar-refractivity contribution in [1.29, 1.82) is 0 Å². The standard InChI is InChI=1S/C30H29F2N9O4/c1-17-25(18-8-9-24-35-23(28(33)42)15-39(24)14-18)38-41(20-6-4-3-5-7-20)29(17)37-30(43)36-22-16-40(10-11-44-2)45-26(22)19-12-21(31)27(32)34-13-19/h3-9,12-15,22,26H,10-11,16H2,1-2H3,(H2,33,42)(H2,36,37,43)/t22-,26+/m1/s1. The minimum atomic E-state index is -1.23. The number of aromatic nitrogens is 5. The molecule has 6 rings (SSSR count). The van der Waals surface area contributed by atoms with Crippen LogP contribution in [0.3, 0.4) is 0 Å². The number of urea groups is 1. The number of fused-ring (bicyclic) bond motifs is 1. The molecular formula is C30H29F2N9O4. The molecule has 232 valence electrons. The number of anilines is 1. The van der Waals surface area contributed by atoms with E-state index in [2.05, 4.69) is 20.6 Å². The summed E-state index contributed by atoms with van der Waals surface area (Å²) >= 11 is 0. The minimum Gasteiger partial charge on any atom is -0.383 e. The number of hydrogen-bond acceptors (Lipinski definition) is 8. The zero-order chi connectivity index (χ0) is 31.7. The number of hydroxylamine groups is 2. The van der Waals surface area contributed by atoms with Gasteiger partial charge in [-0.05, 0) is 37.3 Å². The Morgan fingerprint density at radius 2 is 1.96 bits per heavy atom. The van der Waals surface area contributed by atoms with Gasteiger partial charge in [-0.15, -0.1) is 0 Å². The molecule has 2 atom stereocenters. The lowest BCUT2D eigenvalue weighted by molar-refractivity contribution is -0.154. The molecule has 1 aliphatic rings. The molecule has 1 aromatic carbocycles. The molecule has 1 saturated heterocycles. The molecule has 0 aliphatic carbocycles. The predicted octanol–water partition coefficient (Wildman–Crippen LogP) is 3.39. The molecule has 5 heterocycles. The van der Waals surface area contributed by atoms with E-state index in [0.29, 0.717) is 47.1 Å². The number of carbonyl (C=O) groups is 2. The largest absolute Gasteiger partial charge is 0.383 e. The average molecular weight is 618 g/mol. The molecule has 0 saturated carbocycles. The van der Waals surface area contributed by atoms with Crippen molar-refractivity contribution in [2.75, 3.05) is 32.1 Å². The molecule has 0 bridgehead atoms. The maximum Gasteiger partial charge on any atom is 0.320 e. The third kappa shape index (κ3) is 6.08. The number of rotatable bonds is 9. The molecule has 45 heavy (non-hydrogen) atoms. The molecule has 1 aliphatic heterocycles. The molecule has 1 fully saturated rings. The predicted molar refractivity (Wildman–Crippen MR) is 158 cm³/mol. The van der Waals surface area contributed by atoms with Crippen molar-refractivity contribution >= 4 is 23.4 Å². The highest BCUT2D eigenvalue weighted by Crippen LogP contribution is 2.32. The van der Waals surface area contributed by atoms with Crippen LogP contribution in [0.25, 0.3) is 22.6 Å². The molecule has 15 heteroatoms. The number of pyridine rings is 2. The van der Waals surface area contributed by atoms with Crippen molar-refractivity contribution in [3.8, 4) is 16.9 Å². The third-order valence-electron chi connectivity index (χ3n) is 7.37. The second kappa shape index (κ2) is 12.4. The molecule has 4 N–H and O–H groups in total. The highest BCUT2D eigenvalue weighted by atomic mass is 19.2. The molecular weight excluding hydrogens is 588 g/mol. The fourth-order valence-corrected chi connectivity index (χ4v) is 5.17. The fourth-order valence-electron chi connectivity index (χ4n) is 5.17. The summed E-state index contributed by atoms with van der Waals surface area (Å²) in [4.78, 5) is 38.8. The van der Waals surface area contributed by atoms with Crippen molar-refractivity contribution in [3.05, 3.63) is 95.7 Å². The number of para-hydroxylation sites is 1. The number of primary amides is 1. The first-order valence-electron chi connectivity index (χ1n) is 13.9. The molecule has 5 aromatic rings. The van der Waals surface area contributed by atoms with Crippen molar-refractivity contribution in [3.63, 3.8) is 0 Å². The number of ether oxygens (including phenoxy) is 1. The van der Waals surface area contributed by atoms with Gasteiger partial charge in [0.2, 0.25) is 5.95 Å². The Hall–Kier alpha value is -5.25. The number of methoxy groups -OCH3 is 1. The quantitative estimate of drug-likeness (QED) is 0.213.